The highest BCUT2D eigenvalue weighted by Gasteiger charge is 2.17. The summed E-state index contributed by atoms with van der Waals surface area (Å²) in [6.45, 7) is 8.26. The summed E-state index contributed by atoms with van der Waals surface area (Å²) in [4.78, 5) is 24.9. The summed E-state index contributed by atoms with van der Waals surface area (Å²) in [5.74, 6) is -0.246. The van der Waals surface area contributed by atoms with Crippen molar-refractivity contribution in [1.29, 1.82) is 0 Å². The van der Waals surface area contributed by atoms with E-state index in [1.165, 1.54) is 0 Å². The number of methoxy groups -OCH3 is 1. The highest BCUT2D eigenvalue weighted by molar-refractivity contribution is 6.03. The Labute approximate surface area is 166 Å². The van der Waals surface area contributed by atoms with E-state index in [9.17, 15) is 9.59 Å². The molecule has 2 aromatic carbocycles. The molecule has 0 radical (unpaired) electrons. The Morgan fingerprint density at radius 1 is 1.00 bits per heavy atom. The molecular weight excluding hydrogens is 354 g/mol. The second-order valence-corrected chi connectivity index (χ2v) is 7.33. The summed E-state index contributed by atoms with van der Waals surface area (Å²) < 4.78 is 10.2. The van der Waals surface area contributed by atoms with Crippen LogP contribution in [-0.2, 0) is 14.9 Å². The van der Waals surface area contributed by atoms with Crippen LogP contribution in [0.4, 0.5) is 0 Å². The van der Waals surface area contributed by atoms with Crippen molar-refractivity contribution in [1.82, 2.24) is 5.32 Å². The molecule has 0 atom stereocenters. The molecule has 2 aromatic rings. The van der Waals surface area contributed by atoms with Gasteiger partial charge < -0.3 is 14.8 Å². The van der Waals surface area contributed by atoms with Crippen LogP contribution in [0.25, 0.3) is 6.08 Å². The Kier molecular flexibility index (Phi) is 6.99. The molecule has 0 aliphatic rings. The van der Waals surface area contributed by atoms with Crippen molar-refractivity contribution < 1.29 is 19.1 Å². The van der Waals surface area contributed by atoms with E-state index in [2.05, 4.69) is 26.1 Å². The second-order valence-electron chi connectivity index (χ2n) is 7.33. The average molecular weight is 381 g/mol. The minimum Gasteiger partial charge on any atom is -0.497 e. The van der Waals surface area contributed by atoms with Crippen LogP contribution in [0.5, 0.6) is 5.75 Å². The maximum Gasteiger partial charge on any atom is 0.354 e. The first-order valence-corrected chi connectivity index (χ1v) is 9.19. The highest BCUT2D eigenvalue weighted by atomic mass is 16.5. The Bertz CT molecular complexity index is 844. The lowest BCUT2D eigenvalue weighted by Gasteiger charge is -2.19. The lowest BCUT2D eigenvalue weighted by Crippen LogP contribution is -2.28. The molecule has 1 N–H and O–H groups in total. The molecule has 0 bridgehead atoms. The van der Waals surface area contributed by atoms with Crippen molar-refractivity contribution in [2.24, 2.45) is 0 Å². The van der Waals surface area contributed by atoms with Gasteiger partial charge in [-0.15, -0.1) is 0 Å². The molecule has 5 nitrogen and oxygen atoms in total. The van der Waals surface area contributed by atoms with Gasteiger partial charge in [-0.2, -0.15) is 0 Å². The summed E-state index contributed by atoms with van der Waals surface area (Å²) in [5, 5.41) is 2.67. The second kappa shape index (κ2) is 9.22. The Morgan fingerprint density at radius 2 is 1.61 bits per heavy atom. The van der Waals surface area contributed by atoms with Crippen LogP contribution in [0, 0.1) is 0 Å². The van der Waals surface area contributed by atoms with E-state index in [0.29, 0.717) is 11.3 Å². The number of amides is 1. The van der Waals surface area contributed by atoms with Crippen LogP contribution in [0.1, 0.15) is 49.2 Å². The summed E-state index contributed by atoms with van der Waals surface area (Å²) in [6.07, 6.45) is 1.58. The predicted molar refractivity (Wildman–Crippen MR) is 110 cm³/mol. The molecule has 0 heterocycles. The van der Waals surface area contributed by atoms with E-state index in [1.54, 1.807) is 56.5 Å². The normalized spacial score (nSPS) is 11.7. The molecule has 0 saturated heterocycles. The Morgan fingerprint density at radius 3 is 2.11 bits per heavy atom. The Hall–Kier alpha value is -3.08. The molecule has 0 unspecified atom stereocenters. The highest BCUT2D eigenvalue weighted by Crippen LogP contribution is 2.22. The molecule has 0 spiro atoms. The fourth-order valence-corrected chi connectivity index (χ4v) is 2.54. The smallest absolute Gasteiger partial charge is 0.354 e. The fraction of sp³-hybridized carbons (Fsp3) is 0.304. The van der Waals surface area contributed by atoms with Gasteiger partial charge >= 0.3 is 5.97 Å². The number of carbonyl (C=O) groups is 2. The maximum absolute atomic E-state index is 12.6. The van der Waals surface area contributed by atoms with Gasteiger partial charge in [-0.1, -0.05) is 45.0 Å². The molecule has 2 rings (SSSR count). The van der Waals surface area contributed by atoms with E-state index >= 15 is 0 Å². The van der Waals surface area contributed by atoms with Gasteiger partial charge in [-0.3, -0.25) is 4.79 Å². The first-order chi connectivity index (χ1) is 13.2. The number of hydrogen-bond acceptors (Lipinski definition) is 4. The minimum absolute atomic E-state index is 0.000628. The number of rotatable bonds is 6. The number of benzene rings is 2. The van der Waals surface area contributed by atoms with Gasteiger partial charge in [0, 0.05) is 5.56 Å². The number of ether oxygens (including phenoxy) is 2. The van der Waals surface area contributed by atoms with E-state index < -0.39 is 5.97 Å². The summed E-state index contributed by atoms with van der Waals surface area (Å²) >= 11 is 0. The largest absolute Gasteiger partial charge is 0.497 e. The van der Waals surface area contributed by atoms with Crippen LogP contribution in [0.2, 0.25) is 0 Å². The zero-order valence-electron chi connectivity index (χ0n) is 17.0. The maximum atomic E-state index is 12.6. The number of carbonyl (C=O) groups excluding carboxylic acids is 2. The minimum atomic E-state index is -0.585. The molecule has 148 valence electrons. The molecule has 0 aromatic heterocycles. The third kappa shape index (κ3) is 5.71. The first-order valence-electron chi connectivity index (χ1n) is 9.19. The van der Waals surface area contributed by atoms with E-state index in [4.69, 9.17) is 9.47 Å². The van der Waals surface area contributed by atoms with Crippen molar-refractivity contribution >= 4 is 18.0 Å². The van der Waals surface area contributed by atoms with Crippen LogP contribution >= 0.6 is 0 Å². The molecule has 5 heteroatoms. The van der Waals surface area contributed by atoms with Gasteiger partial charge in [0.25, 0.3) is 5.91 Å². The first kappa shape index (κ1) is 21.2. The van der Waals surface area contributed by atoms with E-state index in [1.807, 2.05) is 12.1 Å². The molecular formula is C23H27NO4. The molecule has 0 aliphatic carbocycles. The van der Waals surface area contributed by atoms with Crippen LogP contribution in [0.15, 0.2) is 54.2 Å². The van der Waals surface area contributed by atoms with E-state index in [0.717, 1.165) is 11.1 Å². The van der Waals surface area contributed by atoms with Crippen LogP contribution in [0.3, 0.4) is 0 Å². The van der Waals surface area contributed by atoms with Crippen LogP contribution in [-0.4, -0.2) is 25.6 Å². The summed E-state index contributed by atoms with van der Waals surface area (Å²) in [7, 11) is 1.58. The molecule has 0 fully saturated rings. The van der Waals surface area contributed by atoms with Gasteiger partial charge in [-0.05, 0) is 53.8 Å². The molecule has 0 aliphatic heterocycles. The van der Waals surface area contributed by atoms with Gasteiger partial charge in [0.15, 0.2) is 0 Å². The zero-order chi connectivity index (χ0) is 20.7. The lowest BCUT2D eigenvalue weighted by atomic mass is 9.87. The van der Waals surface area contributed by atoms with Gasteiger partial charge in [-0.25, -0.2) is 4.79 Å². The fourth-order valence-electron chi connectivity index (χ4n) is 2.54. The number of hydrogen-bond donors (Lipinski definition) is 1. The Balaban J connectivity index is 2.25. The van der Waals surface area contributed by atoms with Gasteiger partial charge in [0.05, 0.1) is 13.7 Å². The van der Waals surface area contributed by atoms with Gasteiger partial charge in [0.1, 0.15) is 11.4 Å². The van der Waals surface area contributed by atoms with Crippen molar-refractivity contribution in [2.45, 2.75) is 33.1 Å². The summed E-state index contributed by atoms with van der Waals surface area (Å²) in [5.41, 5.74) is 2.42. The molecule has 28 heavy (non-hydrogen) atoms. The average Bonchev–Trinajstić information content (AvgIpc) is 2.67. The standard InChI is InChI=1S/C23H27NO4/c1-6-28-22(26)20(15-16-7-13-19(27-5)14-8-16)24-21(25)17-9-11-18(12-10-17)23(2,3)4/h7-15H,6H2,1-5H3,(H,24,25)/b20-15+. The summed E-state index contributed by atoms with van der Waals surface area (Å²) in [6, 6.07) is 14.5. The zero-order valence-corrected chi connectivity index (χ0v) is 17.0. The molecule has 1 amide bonds. The number of esters is 1. The topological polar surface area (TPSA) is 64.6 Å². The van der Waals surface area contributed by atoms with E-state index in [-0.39, 0.29) is 23.6 Å². The monoisotopic (exact) mass is 381 g/mol. The van der Waals surface area contributed by atoms with Crippen molar-refractivity contribution in [2.75, 3.05) is 13.7 Å². The van der Waals surface area contributed by atoms with Gasteiger partial charge in [0.2, 0.25) is 0 Å². The third-order valence-corrected chi connectivity index (χ3v) is 4.18. The number of nitrogens with one attached hydrogen (secondary N) is 1. The predicted octanol–water partition coefficient (Wildman–Crippen LogP) is 4.33. The van der Waals surface area contributed by atoms with Crippen molar-refractivity contribution in [3.8, 4) is 5.75 Å². The van der Waals surface area contributed by atoms with Crippen molar-refractivity contribution in [3.05, 3.63) is 70.9 Å². The lowest BCUT2D eigenvalue weighted by molar-refractivity contribution is -0.138. The SMILES string of the molecule is CCOC(=O)/C(=C\c1ccc(OC)cc1)NC(=O)c1ccc(C(C)(C)C)cc1. The third-order valence-electron chi connectivity index (χ3n) is 4.18. The van der Waals surface area contributed by atoms with Crippen LogP contribution < -0.4 is 10.1 Å². The quantitative estimate of drug-likeness (QED) is 0.598. The van der Waals surface area contributed by atoms with Crippen molar-refractivity contribution in [3.63, 3.8) is 0 Å². The molecule has 0 saturated carbocycles.